The summed E-state index contributed by atoms with van der Waals surface area (Å²) in [5.74, 6) is -1.05. The van der Waals surface area contributed by atoms with Crippen LogP contribution in [0.4, 0.5) is 5.69 Å². The van der Waals surface area contributed by atoms with Crippen molar-refractivity contribution in [2.45, 2.75) is 45.1 Å². The lowest BCUT2D eigenvalue weighted by atomic mass is 9.91. The van der Waals surface area contributed by atoms with E-state index in [9.17, 15) is 14.7 Å². The van der Waals surface area contributed by atoms with Gasteiger partial charge >= 0.3 is 0 Å². The highest BCUT2D eigenvalue weighted by Gasteiger charge is 2.44. The predicted octanol–water partition coefficient (Wildman–Crippen LogP) is 4.01. The van der Waals surface area contributed by atoms with Gasteiger partial charge in [-0.2, -0.15) is 5.26 Å². The van der Waals surface area contributed by atoms with Crippen LogP contribution >= 0.6 is 0 Å². The van der Waals surface area contributed by atoms with Crippen molar-refractivity contribution in [1.82, 2.24) is 5.32 Å². The Morgan fingerprint density at radius 2 is 2.00 bits per heavy atom. The lowest BCUT2D eigenvalue weighted by molar-refractivity contribution is -0.121. The fourth-order valence-electron chi connectivity index (χ4n) is 3.65. The van der Waals surface area contributed by atoms with E-state index in [1.165, 1.54) is 0 Å². The molecule has 7 nitrogen and oxygen atoms in total. The minimum Gasteiger partial charge on any atom is -0.509 e. The van der Waals surface area contributed by atoms with Crippen LogP contribution in [-0.4, -0.2) is 29.1 Å². The van der Waals surface area contributed by atoms with E-state index in [0.29, 0.717) is 23.6 Å². The third-order valence-electron chi connectivity index (χ3n) is 5.33. The molecule has 0 aromatic heterocycles. The number of carbonyl (C=O) groups is 2. The van der Waals surface area contributed by atoms with Gasteiger partial charge in [0.1, 0.15) is 17.1 Å². The topological polar surface area (TPSA) is 111 Å². The van der Waals surface area contributed by atoms with Crippen LogP contribution in [0.25, 0.3) is 0 Å². The molecule has 1 heterocycles. The Bertz CT molecular complexity index is 1090. The van der Waals surface area contributed by atoms with Crippen LogP contribution in [0.1, 0.15) is 44.2 Å². The SMILES string of the molecule is CCCCCOc1cccc(NC(=O)C2=C(O)C(C)(Cc3cccc(C#N)c3)NC2=O)c1. The van der Waals surface area contributed by atoms with Crippen LogP contribution in [0.2, 0.25) is 0 Å². The summed E-state index contributed by atoms with van der Waals surface area (Å²) in [6, 6.07) is 15.9. The molecule has 2 amide bonds. The Hall–Kier alpha value is -3.79. The summed E-state index contributed by atoms with van der Waals surface area (Å²) < 4.78 is 5.70. The van der Waals surface area contributed by atoms with Gasteiger partial charge in [0.25, 0.3) is 11.8 Å². The van der Waals surface area contributed by atoms with E-state index in [2.05, 4.69) is 23.6 Å². The number of anilines is 1. The average Bonchev–Trinajstić information content (AvgIpc) is 2.99. The quantitative estimate of drug-likeness (QED) is 0.409. The Kier molecular flexibility index (Phi) is 7.16. The van der Waals surface area contributed by atoms with Crippen LogP contribution in [0, 0.1) is 11.3 Å². The van der Waals surface area contributed by atoms with Gasteiger partial charge in [0.2, 0.25) is 0 Å². The summed E-state index contributed by atoms with van der Waals surface area (Å²) >= 11 is 0. The summed E-state index contributed by atoms with van der Waals surface area (Å²) in [6.45, 7) is 4.35. The maximum atomic E-state index is 12.8. The zero-order chi connectivity index (χ0) is 23.1. The molecule has 0 spiro atoms. The van der Waals surface area contributed by atoms with Crippen LogP contribution < -0.4 is 15.4 Å². The van der Waals surface area contributed by atoms with Gasteiger partial charge in [0.05, 0.1) is 23.8 Å². The highest BCUT2D eigenvalue weighted by Crippen LogP contribution is 2.30. The smallest absolute Gasteiger partial charge is 0.264 e. The predicted molar refractivity (Wildman–Crippen MR) is 121 cm³/mol. The molecule has 2 aromatic rings. The molecule has 0 fully saturated rings. The van der Waals surface area contributed by atoms with Crippen molar-refractivity contribution in [3.05, 3.63) is 71.0 Å². The lowest BCUT2D eigenvalue weighted by Crippen LogP contribution is -2.43. The number of aliphatic hydroxyl groups is 1. The van der Waals surface area contributed by atoms with E-state index < -0.39 is 17.4 Å². The number of carbonyl (C=O) groups excluding carboxylic acids is 2. The van der Waals surface area contributed by atoms with Crippen LogP contribution in [-0.2, 0) is 16.0 Å². The monoisotopic (exact) mass is 433 g/mol. The van der Waals surface area contributed by atoms with Crippen molar-refractivity contribution in [2.75, 3.05) is 11.9 Å². The molecule has 166 valence electrons. The van der Waals surface area contributed by atoms with Gasteiger partial charge in [-0.3, -0.25) is 9.59 Å². The van der Waals surface area contributed by atoms with E-state index >= 15 is 0 Å². The van der Waals surface area contributed by atoms with E-state index in [4.69, 9.17) is 10.00 Å². The fourth-order valence-corrected chi connectivity index (χ4v) is 3.65. The second-order valence-corrected chi connectivity index (χ2v) is 8.04. The van der Waals surface area contributed by atoms with Crippen molar-refractivity contribution >= 4 is 17.5 Å². The molecule has 0 bridgehead atoms. The molecule has 0 radical (unpaired) electrons. The highest BCUT2D eigenvalue weighted by atomic mass is 16.5. The molecule has 1 aliphatic heterocycles. The summed E-state index contributed by atoms with van der Waals surface area (Å²) in [5, 5.41) is 25.2. The fraction of sp³-hybridized carbons (Fsp3) is 0.320. The zero-order valence-electron chi connectivity index (χ0n) is 18.3. The largest absolute Gasteiger partial charge is 0.509 e. The van der Waals surface area contributed by atoms with Gasteiger partial charge in [-0.05, 0) is 43.2 Å². The Morgan fingerprint density at radius 1 is 1.22 bits per heavy atom. The van der Waals surface area contributed by atoms with Gasteiger partial charge in [-0.1, -0.05) is 38.0 Å². The number of nitrogens with zero attached hydrogens (tertiary/aromatic N) is 1. The molecule has 7 heteroatoms. The summed E-state index contributed by atoms with van der Waals surface area (Å²) in [7, 11) is 0. The van der Waals surface area contributed by atoms with E-state index in [-0.39, 0.29) is 17.8 Å². The second-order valence-electron chi connectivity index (χ2n) is 8.04. The van der Waals surface area contributed by atoms with Crippen LogP contribution in [0.15, 0.2) is 59.9 Å². The van der Waals surface area contributed by atoms with E-state index in [0.717, 1.165) is 24.8 Å². The average molecular weight is 434 g/mol. The molecule has 2 aromatic carbocycles. The number of aliphatic hydroxyl groups excluding tert-OH is 1. The summed E-state index contributed by atoms with van der Waals surface area (Å²) in [6.07, 6.45) is 3.36. The third kappa shape index (κ3) is 5.27. The molecule has 3 N–H and O–H groups in total. The first kappa shape index (κ1) is 22.9. The van der Waals surface area contributed by atoms with Gasteiger partial charge in [-0.15, -0.1) is 0 Å². The number of nitriles is 1. The third-order valence-corrected chi connectivity index (χ3v) is 5.33. The van der Waals surface area contributed by atoms with Crippen LogP contribution in [0.5, 0.6) is 5.75 Å². The second kappa shape index (κ2) is 10.0. The summed E-state index contributed by atoms with van der Waals surface area (Å²) in [5.41, 5.74) is 0.230. The normalized spacial score (nSPS) is 17.6. The first-order valence-corrected chi connectivity index (χ1v) is 10.7. The van der Waals surface area contributed by atoms with Crippen molar-refractivity contribution < 1.29 is 19.4 Å². The van der Waals surface area contributed by atoms with Gasteiger partial charge < -0.3 is 20.5 Å². The number of benzene rings is 2. The Labute approximate surface area is 187 Å². The first-order chi connectivity index (χ1) is 15.4. The zero-order valence-corrected chi connectivity index (χ0v) is 18.3. The van der Waals surface area contributed by atoms with E-state index in [1.807, 2.05) is 0 Å². The minimum absolute atomic E-state index is 0.234. The number of amides is 2. The minimum atomic E-state index is -1.15. The number of rotatable bonds is 9. The van der Waals surface area contributed by atoms with Crippen LogP contribution in [0.3, 0.4) is 0 Å². The van der Waals surface area contributed by atoms with Crippen molar-refractivity contribution in [1.29, 1.82) is 5.26 Å². The molecular weight excluding hydrogens is 406 g/mol. The van der Waals surface area contributed by atoms with Gasteiger partial charge in [0, 0.05) is 18.2 Å². The molecule has 0 aliphatic carbocycles. The molecule has 1 atom stereocenters. The Morgan fingerprint density at radius 3 is 2.75 bits per heavy atom. The highest BCUT2D eigenvalue weighted by molar-refractivity contribution is 6.25. The molecular formula is C25H27N3O4. The molecule has 32 heavy (non-hydrogen) atoms. The lowest BCUT2D eigenvalue weighted by Gasteiger charge is -2.24. The van der Waals surface area contributed by atoms with Crippen molar-refractivity contribution in [3.8, 4) is 11.8 Å². The van der Waals surface area contributed by atoms with Gasteiger partial charge in [0.15, 0.2) is 0 Å². The molecule has 1 aliphatic rings. The standard InChI is InChI=1S/C25H27N3O4/c1-3-4-5-12-32-20-11-7-10-19(14-20)27-23(30)21-22(29)25(2,28-24(21)31)15-17-8-6-9-18(13-17)16-26/h6-11,13-14,29H,3-5,12,15H2,1-2H3,(H,27,30)(H,28,31). The molecule has 0 saturated heterocycles. The summed E-state index contributed by atoms with van der Waals surface area (Å²) in [4.78, 5) is 25.4. The molecule has 1 unspecified atom stereocenters. The number of unbranched alkanes of at least 4 members (excludes halogenated alkanes) is 2. The van der Waals surface area contributed by atoms with E-state index in [1.54, 1.807) is 55.5 Å². The van der Waals surface area contributed by atoms with Crippen molar-refractivity contribution in [3.63, 3.8) is 0 Å². The number of hydrogen-bond donors (Lipinski definition) is 3. The van der Waals surface area contributed by atoms with Gasteiger partial charge in [-0.25, -0.2) is 0 Å². The maximum Gasteiger partial charge on any atom is 0.264 e. The number of hydrogen-bond acceptors (Lipinski definition) is 5. The molecule has 0 saturated carbocycles. The Balaban J connectivity index is 1.73. The number of nitrogens with one attached hydrogen (secondary N) is 2. The molecule has 3 rings (SSSR count). The van der Waals surface area contributed by atoms with Crippen molar-refractivity contribution in [2.24, 2.45) is 0 Å². The number of ether oxygens (including phenoxy) is 1. The maximum absolute atomic E-state index is 12.8. The first-order valence-electron chi connectivity index (χ1n) is 10.7.